The van der Waals surface area contributed by atoms with Crippen molar-refractivity contribution in [2.24, 2.45) is 0 Å². The van der Waals surface area contributed by atoms with Crippen LogP contribution in [-0.2, 0) is 9.47 Å². The molecule has 1 aliphatic rings. The number of halogens is 2. The van der Waals surface area contributed by atoms with E-state index >= 15 is 0 Å². The number of rotatable bonds is 2. The second kappa shape index (κ2) is 10.8. The summed E-state index contributed by atoms with van der Waals surface area (Å²) in [5.41, 5.74) is -1.25. The molecule has 0 aliphatic carbocycles. The molecule has 170 valence electrons. The van der Waals surface area contributed by atoms with E-state index in [-0.39, 0.29) is 28.0 Å². The van der Waals surface area contributed by atoms with Gasteiger partial charge in [-0.15, -0.1) is 0 Å². The average molecular weight is 446 g/mol. The highest BCUT2D eigenvalue weighted by atomic mass is 35.5. The monoisotopic (exact) mass is 445 g/mol. The summed E-state index contributed by atoms with van der Waals surface area (Å²) >= 11 is 5.82. The number of hydrogen-bond acceptors (Lipinski definition) is 5. The highest BCUT2D eigenvalue weighted by molar-refractivity contribution is 6.32. The number of methoxy groups -OCH3 is 1. The Morgan fingerprint density at radius 2 is 1.50 bits per heavy atom. The van der Waals surface area contributed by atoms with Gasteiger partial charge in [0, 0.05) is 19.2 Å². The predicted octanol–water partition coefficient (Wildman–Crippen LogP) is 5.85. The predicted molar refractivity (Wildman–Crippen MR) is 115 cm³/mol. The topological polar surface area (TPSA) is 65.1 Å². The fourth-order valence-corrected chi connectivity index (χ4v) is 2.82. The zero-order valence-corrected chi connectivity index (χ0v) is 19.7. The van der Waals surface area contributed by atoms with Gasteiger partial charge in [0.1, 0.15) is 22.8 Å². The summed E-state index contributed by atoms with van der Waals surface area (Å²) in [6.45, 7) is 12.5. The van der Waals surface area contributed by atoms with Crippen LogP contribution < -0.4 is 4.74 Å². The lowest BCUT2D eigenvalue weighted by molar-refractivity contribution is 0.00638. The summed E-state index contributed by atoms with van der Waals surface area (Å²) in [5, 5.41) is 0.162. The SMILES string of the molecule is CC(C)(C)OC(=O)N1CCCCC1.COc1cc(F)c(C(=O)OC(C)(C)C)cc1Cl. The summed E-state index contributed by atoms with van der Waals surface area (Å²) < 4.78 is 28.8. The third-order valence-corrected chi connectivity index (χ3v) is 4.16. The van der Waals surface area contributed by atoms with Crippen molar-refractivity contribution in [1.29, 1.82) is 0 Å². The number of carbonyl (C=O) groups is 2. The lowest BCUT2D eigenvalue weighted by atomic mass is 10.1. The number of benzene rings is 1. The summed E-state index contributed by atoms with van der Waals surface area (Å²) in [5.74, 6) is -1.29. The molecule has 0 bridgehead atoms. The molecular formula is C22H33ClFNO5. The van der Waals surface area contributed by atoms with E-state index in [1.807, 2.05) is 20.8 Å². The molecule has 0 radical (unpaired) electrons. The van der Waals surface area contributed by atoms with Crippen LogP contribution in [0.15, 0.2) is 12.1 Å². The molecular weight excluding hydrogens is 413 g/mol. The van der Waals surface area contributed by atoms with Gasteiger partial charge in [0.05, 0.1) is 17.7 Å². The molecule has 0 spiro atoms. The number of ether oxygens (including phenoxy) is 3. The standard InChI is InChI=1S/C12H14ClFO3.C10H19NO2/c1-12(2,3)17-11(15)7-5-8(13)10(16-4)6-9(7)14;1-10(2,3)13-9(12)11-7-5-4-6-8-11/h5-6H,1-4H3;4-8H2,1-3H3. The first-order valence-corrected chi connectivity index (χ1v) is 10.4. The highest BCUT2D eigenvalue weighted by Crippen LogP contribution is 2.28. The van der Waals surface area contributed by atoms with Crippen molar-refractivity contribution in [3.63, 3.8) is 0 Å². The van der Waals surface area contributed by atoms with E-state index in [0.717, 1.165) is 32.0 Å². The molecule has 1 aliphatic heterocycles. The lowest BCUT2D eigenvalue weighted by Crippen LogP contribution is -2.39. The molecule has 0 aromatic heterocycles. The van der Waals surface area contributed by atoms with Crippen LogP contribution in [0.1, 0.15) is 71.2 Å². The Kier molecular flexibility index (Phi) is 9.40. The van der Waals surface area contributed by atoms with Gasteiger partial charge in [-0.3, -0.25) is 0 Å². The molecule has 6 nitrogen and oxygen atoms in total. The normalized spacial score (nSPS) is 14.4. The second-order valence-electron chi connectivity index (χ2n) is 9.00. The number of carbonyl (C=O) groups excluding carboxylic acids is 2. The first kappa shape index (κ1) is 26.0. The van der Waals surface area contributed by atoms with Crippen molar-refractivity contribution in [2.75, 3.05) is 20.2 Å². The van der Waals surface area contributed by atoms with Crippen LogP contribution in [0.25, 0.3) is 0 Å². The number of esters is 1. The van der Waals surface area contributed by atoms with E-state index in [1.165, 1.54) is 19.6 Å². The van der Waals surface area contributed by atoms with Gasteiger partial charge in [-0.25, -0.2) is 14.0 Å². The summed E-state index contributed by atoms with van der Waals surface area (Å²) in [7, 11) is 1.37. The fraction of sp³-hybridized carbons (Fsp3) is 0.636. The molecule has 0 saturated carbocycles. The Labute approximate surface area is 183 Å². The van der Waals surface area contributed by atoms with Gasteiger partial charge in [-0.1, -0.05) is 11.6 Å². The van der Waals surface area contributed by atoms with Gasteiger partial charge in [0.2, 0.25) is 0 Å². The Balaban J connectivity index is 0.000000311. The molecule has 2 rings (SSSR count). The fourth-order valence-electron chi connectivity index (χ4n) is 2.58. The molecule has 1 fully saturated rings. The van der Waals surface area contributed by atoms with E-state index in [2.05, 4.69) is 0 Å². The molecule has 1 saturated heterocycles. The van der Waals surface area contributed by atoms with E-state index in [9.17, 15) is 14.0 Å². The van der Waals surface area contributed by atoms with Crippen molar-refractivity contribution < 1.29 is 28.2 Å². The molecule has 30 heavy (non-hydrogen) atoms. The van der Waals surface area contributed by atoms with Gasteiger partial charge in [0.15, 0.2) is 0 Å². The lowest BCUT2D eigenvalue weighted by Gasteiger charge is -2.29. The molecule has 1 aromatic carbocycles. The minimum atomic E-state index is -0.750. The number of likely N-dealkylation sites (tertiary alicyclic amines) is 1. The molecule has 8 heteroatoms. The minimum absolute atomic E-state index is 0.160. The third kappa shape index (κ3) is 9.20. The van der Waals surface area contributed by atoms with E-state index < -0.39 is 17.4 Å². The Bertz CT molecular complexity index is 734. The van der Waals surface area contributed by atoms with Crippen LogP contribution >= 0.6 is 11.6 Å². The maximum atomic E-state index is 13.6. The summed E-state index contributed by atoms with van der Waals surface area (Å²) in [6.07, 6.45) is 3.30. The maximum Gasteiger partial charge on any atom is 0.410 e. The third-order valence-electron chi connectivity index (χ3n) is 3.87. The highest BCUT2D eigenvalue weighted by Gasteiger charge is 2.23. The Morgan fingerprint density at radius 1 is 0.967 bits per heavy atom. The van der Waals surface area contributed by atoms with Gasteiger partial charge < -0.3 is 19.1 Å². The maximum absolute atomic E-state index is 13.6. The summed E-state index contributed by atoms with van der Waals surface area (Å²) in [4.78, 5) is 25.0. The smallest absolute Gasteiger partial charge is 0.410 e. The number of hydrogen-bond donors (Lipinski definition) is 0. The minimum Gasteiger partial charge on any atom is -0.495 e. The van der Waals surface area contributed by atoms with Gasteiger partial charge in [-0.05, 0) is 66.9 Å². The molecule has 1 amide bonds. The Morgan fingerprint density at radius 3 is 1.97 bits per heavy atom. The first-order chi connectivity index (χ1) is 13.7. The number of nitrogens with zero attached hydrogens (tertiary/aromatic N) is 1. The van der Waals surface area contributed by atoms with Gasteiger partial charge >= 0.3 is 12.1 Å². The van der Waals surface area contributed by atoms with Gasteiger partial charge in [0.25, 0.3) is 0 Å². The van der Waals surface area contributed by atoms with Crippen molar-refractivity contribution in [3.8, 4) is 5.75 Å². The second-order valence-corrected chi connectivity index (χ2v) is 9.40. The number of amides is 1. The van der Waals surface area contributed by atoms with E-state index in [1.54, 1.807) is 25.7 Å². The average Bonchev–Trinajstić information content (AvgIpc) is 2.61. The van der Waals surface area contributed by atoms with Gasteiger partial charge in [-0.2, -0.15) is 0 Å². The molecule has 0 unspecified atom stereocenters. The van der Waals surface area contributed by atoms with Crippen LogP contribution in [0.2, 0.25) is 5.02 Å². The van der Waals surface area contributed by atoms with Crippen LogP contribution in [0.4, 0.5) is 9.18 Å². The molecule has 1 aromatic rings. The molecule has 0 N–H and O–H groups in total. The number of piperidine rings is 1. The zero-order chi connectivity index (χ0) is 23.1. The zero-order valence-electron chi connectivity index (χ0n) is 18.9. The van der Waals surface area contributed by atoms with Crippen LogP contribution in [0, 0.1) is 5.82 Å². The van der Waals surface area contributed by atoms with Crippen LogP contribution in [0.3, 0.4) is 0 Å². The summed E-state index contributed by atoms with van der Waals surface area (Å²) in [6, 6.07) is 2.26. The largest absolute Gasteiger partial charge is 0.495 e. The first-order valence-electron chi connectivity index (χ1n) is 9.98. The van der Waals surface area contributed by atoms with Crippen molar-refractivity contribution in [1.82, 2.24) is 4.90 Å². The van der Waals surface area contributed by atoms with E-state index in [0.29, 0.717) is 0 Å². The molecule has 1 heterocycles. The molecule has 0 atom stereocenters. The van der Waals surface area contributed by atoms with Crippen molar-refractivity contribution in [3.05, 3.63) is 28.5 Å². The Hall–Kier alpha value is -2.02. The van der Waals surface area contributed by atoms with Crippen LogP contribution in [0.5, 0.6) is 5.75 Å². The van der Waals surface area contributed by atoms with E-state index in [4.69, 9.17) is 25.8 Å². The van der Waals surface area contributed by atoms with Crippen molar-refractivity contribution in [2.45, 2.75) is 72.0 Å². The van der Waals surface area contributed by atoms with Crippen molar-refractivity contribution >= 4 is 23.7 Å². The van der Waals surface area contributed by atoms with Crippen LogP contribution in [-0.4, -0.2) is 48.4 Å². The quantitative estimate of drug-likeness (QED) is 0.534.